The number of hydrogen-bond acceptors (Lipinski definition) is 5. The van der Waals surface area contributed by atoms with Crippen LogP contribution in [0.15, 0.2) is 36.2 Å². The van der Waals surface area contributed by atoms with Crippen LogP contribution < -0.4 is 5.32 Å². The van der Waals surface area contributed by atoms with Gasteiger partial charge in [-0.2, -0.15) is 0 Å². The Bertz CT molecular complexity index is 1020. The first-order valence-electron chi connectivity index (χ1n) is 12.8. The molecular weight excluding hydrogens is 428 g/mol. The topological polar surface area (TPSA) is 85.4 Å². The number of pyridine rings is 1. The van der Waals surface area contributed by atoms with Gasteiger partial charge in [-0.3, -0.25) is 19.4 Å². The Hall–Kier alpha value is -2.50. The average molecular weight is 465 g/mol. The van der Waals surface area contributed by atoms with Crippen molar-refractivity contribution in [3.63, 3.8) is 0 Å². The Labute approximate surface area is 201 Å². The predicted molar refractivity (Wildman–Crippen MR) is 128 cm³/mol. The highest BCUT2D eigenvalue weighted by Gasteiger charge is 2.61. The zero-order valence-electron chi connectivity index (χ0n) is 20.5. The van der Waals surface area contributed by atoms with Gasteiger partial charge < -0.3 is 10.1 Å². The van der Waals surface area contributed by atoms with Crippen LogP contribution in [0.2, 0.25) is 0 Å². The van der Waals surface area contributed by atoms with Gasteiger partial charge in [0.05, 0.1) is 5.56 Å². The summed E-state index contributed by atoms with van der Waals surface area (Å²) in [7, 11) is 0. The standard InChI is InChI=1S/C28H36N2O4/c1-17(31)34-20-8-10-27(2)19(13-20)6-7-21-22(27)9-11-28(3)23(21)14-25(32)24(28)16-30-26(33)18-5-4-12-29-15-18/h4-6,12,15,20-24H,7-11,13-14,16H2,1-3H3,(H,30,33)/t20-,21+,22-,23-,24-,27-,28-/m0/s1. The van der Waals surface area contributed by atoms with Crippen LogP contribution in [0.3, 0.4) is 0 Å². The molecule has 1 heterocycles. The van der Waals surface area contributed by atoms with Crippen molar-refractivity contribution in [3.05, 3.63) is 41.7 Å². The second-order valence-electron chi connectivity index (χ2n) is 11.5. The lowest BCUT2D eigenvalue weighted by Gasteiger charge is -2.57. The Morgan fingerprint density at radius 1 is 1.18 bits per heavy atom. The summed E-state index contributed by atoms with van der Waals surface area (Å²) in [6, 6.07) is 3.50. The van der Waals surface area contributed by atoms with E-state index in [0.29, 0.717) is 42.1 Å². The molecule has 0 radical (unpaired) electrons. The highest BCUT2D eigenvalue weighted by molar-refractivity contribution is 5.94. The summed E-state index contributed by atoms with van der Waals surface area (Å²) in [6.45, 7) is 6.59. The number of hydrogen-bond donors (Lipinski definition) is 1. The molecule has 0 spiro atoms. The van der Waals surface area contributed by atoms with E-state index in [-0.39, 0.29) is 34.7 Å². The predicted octanol–water partition coefficient (Wildman–Crippen LogP) is 4.50. The van der Waals surface area contributed by atoms with E-state index in [1.165, 1.54) is 12.5 Å². The number of carbonyl (C=O) groups excluding carboxylic acids is 3. The summed E-state index contributed by atoms with van der Waals surface area (Å²) in [4.78, 5) is 41.3. The minimum absolute atomic E-state index is 0.00287. The van der Waals surface area contributed by atoms with Gasteiger partial charge in [0.15, 0.2) is 0 Å². The highest BCUT2D eigenvalue weighted by atomic mass is 16.5. The molecule has 1 aromatic rings. The molecule has 1 amide bonds. The van der Waals surface area contributed by atoms with Crippen LogP contribution >= 0.6 is 0 Å². The minimum atomic E-state index is -0.192. The van der Waals surface area contributed by atoms with Crippen LogP contribution in [0.25, 0.3) is 0 Å². The number of nitrogens with one attached hydrogen (secondary N) is 1. The van der Waals surface area contributed by atoms with E-state index in [1.54, 1.807) is 24.5 Å². The molecule has 3 fully saturated rings. The lowest BCUT2D eigenvalue weighted by molar-refractivity contribution is -0.148. The van der Waals surface area contributed by atoms with E-state index in [1.807, 2.05) is 0 Å². The normalized spacial score (nSPS) is 38.7. The molecule has 0 saturated heterocycles. The van der Waals surface area contributed by atoms with Crippen LogP contribution in [-0.4, -0.2) is 35.3 Å². The van der Waals surface area contributed by atoms with Gasteiger partial charge in [0, 0.05) is 44.6 Å². The van der Waals surface area contributed by atoms with Crippen molar-refractivity contribution in [2.45, 2.75) is 71.8 Å². The number of carbonyl (C=O) groups is 3. The molecule has 0 aliphatic heterocycles. The van der Waals surface area contributed by atoms with Crippen LogP contribution in [0.1, 0.15) is 76.1 Å². The summed E-state index contributed by atoms with van der Waals surface area (Å²) >= 11 is 0. The number of Topliss-reactive ketones (excluding diaryl/α,β-unsaturated/α-hetero) is 1. The van der Waals surface area contributed by atoms with Crippen LogP contribution in [-0.2, 0) is 14.3 Å². The Morgan fingerprint density at radius 2 is 2.00 bits per heavy atom. The number of rotatable bonds is 4. The SMILES string of the molecule is CC(=O)O[C@H]1CC[C@@]2(C)C(=CC[C@H]3[C@@H]4CC(=O)[C@H](CNC(=O)c5cccnc5)[C@@]4(C)CC[C@@H]32)C1. The third-order valence-corrected chi connectivity index (χ3v) is 9.83. The van der Waals surface area contributed by atoms with Crippen molar-refractivity contribution in [2.24, 2.45) is 34.5 Å². The number of aromatic nitrogens is 1. The maximum absolute atomic E-state index is 13.3. The fraction of sp³-hybridized carbons (Fsp3) is 0.643. The van der Waals surface area contributed by atoms with E-state index in [0.717, 1.165) is 38.5 Å². The molecule has 4 aliphatic rings. The molecule has 182 valence electrons. The van der Waals surface area contributed by atoms with E-state index >= 15 is 0 Å². The second-order valence-corrected chi connectivity index (χ2v) is 11.5. The highest BCUT2D eigenvalue weighted by Crippen LogP contribution is 2.65. The molecule has 4 aliphatic carbocycles. The van der Waals surface area contributed by atoms with Crippen molar-refractivity contribution in [3.8, 4) is 0 Å². The number of ketones is 1. The number of allylic oxidation sites excluding steroid dienone is 1. The zero-order valence-corrected chi connectivity index (χ0v) is 20.5. The maximum atomic E-state index is 13.3. The summed E-state index contributed by atoms with van der Waals surface area (Å²) in [5.74, 6) is 1.25. The van der Waals surface area contributed by atoms with E-state index in [9.17, 15) is 14.4 Å². The van der Waals surface area contributed by atoms with Gasteiger partial charge in [0.1, 0.15) is 11.9 Å². The minimum Gasteiger partial charge on any atom is -0.462 e. The van der Waals surface area contributed by atoms with Gasteiger partial charge >= 0.3 is 5.97 Å². The lowest BCUT2D eigenvalue weighted by atomic mass is 9.47. The molecule has 0 unspecified atom stereocenters. The summed E-state index contributed by atoms with van der Waals surface area (Å²) in [6.07, 6.45) is 12.2. The average Bonchev–Trinajstić information content (AvgIpc) is 3.07. The summed E-state index contributed by atoms with van der Waals surface area (Å²) in [5.41, 5.74) is 2.05. The molecule has 6 nitrogen and oxygen atoms in total. The van der Waals surface area contributed by atoms with Gasteiger partial charge in [-0.1, -0.05) is 25.5 Å². The second kappa shape index (κ2) is 8.62. The monoisotopic (exact) mass is 464 g/mol. The summed E-state index contributed by atoms with van der Waals surface area (Å²) in [5, 5.41) is 3.02. The quantitative estimate of drug-likeness (QED) is 0.524. The largest absolute Gasteiger partial charge is 0.462 e. The molecule has 1 N–H and O–H groups in total. The van der Waals surface area contributed by atoms with Crippen molar-refractivity contribution < 1.29 is 19.1 Å². The Morgan fingerprint density at radius 3 is 2.74 bits per heavy atom. The van der Waals surface area contributed by atoms with Gasteiger partial charge in [-0.15, -0.1) is 0 Å². The molecule has 0 aromatic carbocycles. The van der Waals surface area contributed by atoms with Crippen molar-refractivity contribution in [1.82, 2.24) is 10.3 Å². The molecule has 34 heavy (non-hydrogen) atoms. The van der Waals surface area contributed by atoms with Crippen LogP contribution in [0.4, 0.5) is 0 Å². The number of amides is 1. The van der Waals surface area contributed by atoms with Crippen molar-refractivity contribution in [1.29, 1.82) is 0 Å². The molecule has 1 aromatic heterocycles. The van der Waals surface area contributed by atoms with E-state index in [2.05, 4.69) is 30.2 Å². The fourth-order valence-corrected chi connectivity index (χ4v) is 8.00. The fourth-order valence-electron chi connectivity index (χ4n) is 8.00. The van der Waals surface area contributed by atoms with Gasteiger partial charge in [-0.25, -0.2) is 0 Å². The van der Waals surface area contributed by atoms with Crippen molar-refractivity contribution >= 4 is 17.7 Å². The first-order valence-corrected chi connectivity index (χ1v) is 12.8. The van der Waals surface area contributed by atoms with Crippen molar-refractivity contribution in [2.75, 3.05) is 6.54 Å². The third-order valence-electron chi connectivity index (χ3n) is 9.83. The first-order chi connectivity index (χ1) is 16.2. The van der Waals surface area contributed by atoms with Gasteiger partial charge in [-0.05, 0) is 72.8 Å². The number of esters is 1. The Balaban J connectivity index is 1.31. The molecule has 5 rings (SSSR count). The maximum Gasteiger partial charge on any atom is 0.302 e. The number of nitrogens with zero attached hydrogens (tertiary/aromatic N) is 1. The lowest BCUT2D eigenvalue weighted by Crippen LogP contribution is -2.51. The molecule has 7 atom stereocenters. The molecule has 3 saturated carbocycles. The summed E-state index contributed by atoms with van der Waals surface area (Å²) < 4.78 is 5.55. The molecular formula is C28H36N2O4. The van der Waals surface area contributed by atoms with Crippen LogP contribution in [0, 0.1) is 34.5 Å². The van der Waals surface area contributed by atoms with Gasteiger partial charge in [0.25, 0.3) is 5.91 Å². The smallest absolute Gasteiger partial charge is 0.302 e. The molecule has 0 bridgehead atoms. The zero-order chi connectivity index (χ0) is 24.1. The number of fused-ring (bicyclic) bond motifs is 5. The first kappa shape index (κ1) is 23.3. The van der Waals surface area contributed by atoms with E-state index in [4.69, 9.17) is 4.74 Å². The van der Waals surface area contributed by atoms with Gasteiger partial charge in [0.2, 0.25) is 0 Å². The van der Waals surface area contributed by atoms with Crippen LogP contribution in [0.5, 0.6) is 0 Å². The molecule has 6 heteroatoms. The van der Waals surface area contributed by atoms with E-state index < -0.39 is 0 Å². The number of ether oxygens (including phenoxy) is 1. The Kier molecular flexibility index (Phi) is 5.89. The third kappa shape index (κ3) is 3.79.